The van der Waals surface area contributed by atoms with E-state index < -0.39 is 11.9 Å². The van der Waals surface area contributed by atoms with Gasteiger partial charge in [-0.05, 0) is 12.3 Å². The number of unbranched alkanes of at least 4 members (excludes halogenated alkanes) is 2. The number of nitrogens with one attached hydrogen (secondary N) is 2. The first-order valence-corrected chi connectivity index (χ1v) is 10.5. The fraction of sp³-hybridized carbons (Fsp3) is 0.762. The maximum atomic E-state index is 11.6. The second kappa shape index (κ2) is 22.2. The van der Waals surface area contributed by atoms with Crippen molar-refractivity contribution in [2.24, 2.45) is 11.7 Å². The molecule has 0 aromatic carbocycles. The van der Waals surface area contributed by atoms with Gasteiger partial charge in [0.25, 0.3) is 0 Å². The van der Waals surface area contributed by atoms with Gasteiger partial charge in [-0.3, -0.25) is 9.59 Å². The minimum absolute atomic E-state index is 0.146. The topological polar surface area (TPSA) is 101 Å². The van der Waals surface area contributed by atoms with Crippen molar-refractivity contribution >= 4 is 11.8 Å². The molecule has 1 atom stereocenters. The molecule has 0 aliphatic rings. The smallest absolute Gasteiger partial charge is 0.240 e. The zero-order chi connectivity index (χ0) is 21.7. The molecule has 1 unspecified atom stereocenters. The summed E-state index contributed by atoms with van der Waals surface area (Å²) in [7, 11) is 0. The summed E-state index contributed by atoms with van der Waals surface area (Å²) in [5.41, 5.74) is 6.04. The van der Waals surface area contributed by atoms with Crippen LogP contribution < -0.4 is 11.1 Å². The SMILES string of the molecule is CC.CC.CC(C)CCC(=O)NC(Cc1cnc[nH]1)C(N)=O.CCCCC. The molecular formula is C21H44N4O2. The van der Waals surface area contributed by atoms with Crippen molar-refractivity contribution in [3.63, 3.8) is 0 Å². The van der Waals surface area contributed by atoms with Crippen LogP contribution in [0.3, 0.4) is 0 Å². The predicted octanol–water partition coefficient (Wildman–Crippen LogP) is 4.61. The number of nitrogens with two attached hydrogens (primary N) is 1. The van der Waals surface area contributed by atoms with E-state index in [1.54, 1.807) is 6.20 Å². The number of hydrogen-bond acceptors (Lipinski definition) is 3. The van der Waals surface area contributed by atoms with Crippen molar-refractivity contribution in [1.29, 1.82) is 0 Å². The number of nitrogens with zero attached hydrogens (tertiary/aromatic N) is 1. The van der Waals surface area contributed by atoms with Crippen LogP contribution in [0, 0.1) is 5.92 Å². The predicted molar refractivity (Wildman–Crippen MR) is 115 cm³/mol. The molecule has 6 nitrogen and oxygen atoms in total. The second-order valence-corrected chi connectivity index (χ2v) is 6.09. The Hall–Kier alpha value is -1.85. The number of aromatic amines is 1. The standard InChI is InChI=1S/C12H20N4O2.C5H12.2C2H6/c1-8(2)3-4-11(17)16-10(12(13)18)5-9-6-14-7-15-9;1-3-5-4-2;2*1-2/h6-8,10H,3-5H2,1-2H3,(H2,13,18)(H,14,15)(H,16,17);3-5H2,1-2H3;2*1-2H3. The van der Waals surface area contributed by atoms with E-state index in [2.05, 4.69) is 29.1 Å². The number of imidazole rings is 1. The van der Waals surface area contributed by atoms with E-state index in [4.69, 9.17) is 5.73 Å². The molecule has 1 heterocycles. The minimum atomic E-state index is -0.690. The van der Waals surface area contributed by atoms with Gasteiger partial charge in [-0.15, -0.1) is 0 Å². The number of H-pyrrole nitrogens is 1. The summed E-state index contributed by atoms with van der Waals surface area (Å²) < 4.78 is 0. The molecule has 1 aromatic rings. The average Bonchev–Trinajstić information content (AvgIpc) is 3.17. The molecule has 0 aliphatic heterocycles. The number of carbonyl (C=O) groups excluding carboxylic acids is 2. The van der Waals surface area contributed by atoms with Crippen LogP contribution >= 0.6 is 0 Å². The van der Waals surface area contributed by atoms with Crippen molar-refractivity contribution in [3.05, 3.63) is 18.2 Å². The third-order valence-electron chi connectivity index (χ3n) is 3.31. The van der Waals surface area contributed by atoms with E-state index in [9.17, 15) is 9.59 Å². The van der Waals surface area contributed by atoms with Crippen LogP contribution in [-0.4, -0.2) is 27.8 Å². The molecule has 4 N–H and O–H groups in total. The van der Waals surface area contributed by atoms with Gasteiger partial charge in [0.05, 0.1) is 6.33 Å². The van der Waals surface area contributed by atoms with Gasteiger partial charge in [0.2, 0.25) is 11.8 Å². The average molecular weight is 385 g/mol. The Morgan fingerprint density at radius 2 is 1.70 bits per heavy atom. The summed E-state index contributed by atoms with van der Waals surface area (Å²) in [5.74, 6) is -0.232. The van der Waals surface area contributed by atoms with E-state index in [-0.39, 0.29) is 5.91 Å². The van der Waals surface area contributed by atoms with Gasteiger partial charge in [0.1, 0.15) is 6.04 Å². The summed E-state index contributed by atoms with van der Waals surface area (Å²) in [6, 6.07) is -0.690. The Balaban J connectivity index is -0.000000543. The Morgan fingerprint density at radius 3 is 2.04 bits per heavy atom. The maximum Gasteiger partial charge on any atom is 0.240 e. The lowest BCUT2D eigenvalue weighted by Gasteiger charge is -2.15. The van der Waals surface area contributed by atoms with Gasteiger partial charge >= 0.3 is 0 Å². The highest BCUT2D eigenvalue weighted by molar-refractivity contribution is 5.86. The summed E-state index contributed by atoms with van der Waals surface area (Å²) in [5, 5.41) is 2.65. The van der Waals surface area contributed by atoms with Gasteiger partial charge in [-0.25, -0.2) is 4.98 Å². The molecule has 0 aliphatic carbocycles. The summed E-state index contributed by atoms with van der Waals surface area (Å²) in [4.78, 5) is 29.6. The molecule has 0 saturated heterocycles. The first-order valence-electron chi connectivity index (χ1n) is 10.5. The quantitative estimate of drug-likeness (QED) is 0.579. The van der Waals surface area contributed by atoms with Gasteiger partial charge in [-0.2, -0.15) is 0 Å². The monoisotopic (exact) mass is 384 g/mol. The largest absolute Gasteiger partial charge is 0.368 e. The molecular weight excluding hydrogens is 340 g/mol. The number of carbonyl (C=O) groups is 2. The number of amides is 2. The summed E-state index contributed by atoms with van der Waals surface area (Å²) >= 11 is 0. The van der Waals surface area contributed by atoms with Crippen molar-refractivity contribution in [2.75, 3.05) is 0 Å². The molecule has 0 bridgehead atoms. The van der Waals surface area contributed by atoms with Crippen molar-refractivity contribution in [3.8, 4) is 0 Å². The van der Waals surface area contributed by atoms with Gasteiger partial charge in [-0.1, -0.05) is 74.7 Å². The lowest BCUT2D eigenvalue weighted by atomic mass is 10.1. The molecule has 0 spiro atoms. The van der Waals surface area contributed by atoms with Crippen molar-refractivity contribution < 1.29 is 9.59 Å². The van der Waals surface area contributed by atoms with Crippen LogP contribution in [-0.2, 0) is 16.0 Å². The third-order valence-corrected chi connectivity index (χ3v) is 3.31. The number of primary amides is 1. The van der Waals surface area contributed by atoms with Crippen molar-refractivity contribution in [2.45, 2.75) is 100.0 Å². The second-order valence-electron chi connectivity index (χ2n) is 6.09. The van der Waals surface area contributed by atoms with Crippen LogP contribution in [0.1, 0.15) is 93.2 Å². The highest BCUT2D eigenvalue weighted by Gasteiger charge is 2.19. The maximum absolute atomic E-state index is 11.6. The molecule has 0 saturated carbocycles. The zero-order valence-corrected chi connectivity index (χ0v) is 18.9. The van der Waals surface area contributed by atoms with Crippen LogP contribution in [0.5, 0.6) is 0 Å². The van der Waals surface area contributed by atoms with E-state index in [1.807, 2.05) is 41.5 Å². The van der Waals surface area contributed by atoms with E-state index in [0.717, 1.165) is 12.1 Å². The molecule has 0 fully saturated rings. The minimum Gasteiger partial charge on any atom is -0.368 e. The van der Waals surface area contributed by atoms with E-state index in [0.29, 0.717) is 18.8 Å². The summed E-state index contributed by atoms with van der Waals surface area (Å²) in [6.45, 7) is 16.5. The fourth-order valence-corrected chi connectivity index (χ4v) is 1.88. The Labute approximate surface area is 167 Å². The molecule has 1 rings (SSSR count). The number of rotatable bonds is 9. The first-order chi connectivity index (χ1) is 12.9. The molecule has 2 amide bonds. The van der Waals surface area contributed by atoms with Crippen LogP contribution in [0.2, 0.25) is 0 Å². The third kappa shape index (κ3) is 20.3. The Morgan fingerprint density at radius 1 is 1.15 bits per heavy atom. The summed E-state index contributed by atoms with van der Waals surface area (Å²) in [6.07, 6.45) is 8.74. The van der Waals surface area contributed by atoms with Crippen LogP contribution in [0.15, 0.2) is 12.5 Å². The highest BCUT2D eigenvalue weighted by atomic mass is 16.2. The lowest BCUT2D eigenvalue weighted by Crippen LogP contribution is -2.45. The molecule has 27 heavy (non-hydrogen) atoms. The molecule has 0 radical (unpaired) electrons. The van der Waals surface area contributed by atoms with E-state index >= 15 is 0 Å². The Bertz CT molecular complexity index is 429. The highest BCUT2D eigenvalue weighted by Crippen LogP contribution is 2.04. The molecule has 6 heteroatoms. The fourth-order valence-electron chi connectivity index (χ4n) is 1.88. The normalized spacial score (nSPS) is 10.3. The van der Waals surface area contributed by atoms with Gasteiger partial charge < -0.3 is 16.0 Å². The first kappa shape index (κ1) is 29.9. The zero-order valence-electron chi connectivity index (χ0n) is 18.9. The lowest BCUT2D eigenvalue weighted by molar-refractivity contribution is -0.127. The van der Waals surface area contributed by atoms with Gasteiger partial charge in [0.15, 0.2) is 0 Å². The van der Waals surface area contributed by atoms with Gasteiger partial charge in [0, 0.05) is 24.7 Å². The van der Waals surface area contributed by atoms with Crippen LogP contribution in [0.25, 0.3) is 0 Å². The number of aromatic nitrogens is 2. The van der Waals surface area contributed by atoms with Crippen LogP contribution in [0.4, 0.5) is 0 Å². The Kier molecular flexibility index (Phi) is 24.6. The van der Waals surface area contributed by atoms with Crippen molar-refractivity contribution in [1.82, 2.24) is 15.3 Å². The molecule has 1 aromatic heterocycles. The molecule has 160 valence electrons. The van der Waals surface area contributed by atoms with E-state index in [1.165, 1.54) is 25.6 Å². The number of hydrogen-bond donors (Lipinski definition) is 3.